The van der Waals surface area contributed by atoms with E-state index >= 15 is 0 Å². The molecule has 1 saturated carbocycles. The molecule has 1 N–H and O–H groups in total. The van der Waals surface area contributed by atoms with Gasteiger partial charge in [0, 0.05) is 18.0 Å². The van der Waals surface area contributed by atoms with Gasteiger partial charge in [0.1, 0.15) is 22.1 Å². The Kier molecular flexibility index (Phi) is 8.81. The maximum atomic E-state index is 13.5. The van der Waals surface area contributed by atoms with Gasteiger partial charge < -0.3 is 15.0 Å². The Morgan fingerprint density at radius 1 is 1.29 bits per heavy atom. The van der Waals surface area contributed by atoms with Crippen molar-refractivity contribution in [1.82, 2.24) is 14.8 Å². The van der Waals surface area contributed by atoms with Crippen LogP contribution in [0.4, 0.5) is 10.6 Å². The molecule has 2 fully saturated rings. The van der Waals surface area contributed by atoms with Gasteiger partial charge in [-0.3, -0.25) is 9.69 Å². The largest absolute Gasteiger partial charge is 0.444 e. The summed E-state index contributed by atoms with van der Waals surface area (Å²) in [6.07, 6.45) is 8.63. The Hall–Kier alpha value is -2.19. The second kappa shape index (κ2) is 11.2. The Labute approximate surface area is 218 Å². The van der Waals surface area contributed by atoms with Crippen LogP contribution in [-0.4, -0.2) is 64.6 Å². The van der Waals surface area contributed by atoms with Crippen LogP contribution in [0, 0.1) is 5.41 Å². The fourth-order valence-electron chi connectivity index (χ4n) is 5.04. The predicted molar refractivity (Wildman–Crippen MR) is 143 cm³/mol. The third kappa shape index (κ3) is 6.94. The standard InChI is InChI=1S/C27H39BrN4O3/c1-7-9-10-11-15-31(6)18-27-16-20(32(21(27)17-27)25(34)35-26(3,4)5)24(33)30-23-19(12-8-2)13-14-22(28)29-23/h7-8,13-14,20-21H,1-2,9-12,15-18H2,3-6H3,(H,29,30,33)/t20-,21?,27-/m0/s1. The molecule has 0 spiro atoms. The van der Waals surface area contributed by atoms with E-state index in [0.717, 1.165) is 44.3 Å². The van der Waals surface area contributed by atoms with Crippen molar-refractivity contribution in [2.24, 2.45) is 5.41 Å². The van der Waals surface area contributed by atoms with Crippen LogP contribution < -0.4 is 5.32 Å². The highest BCUT2D eigenvalue weighted by molar-refractivity contribution is 9.10. The first-order valence-corrected chi connectivity index (χ1v) is 13.2. The molecule has 7 nitrogen and oxygen atoms in total. The number of carbonyl (C=O) groups is 2. The Bertz CT molecular complexity index is 960. The van der Waals surface area contributed by atoms with Gasteiger partial charge in [0.2, 0.25) is 5.91 Å². The second-order valence-electron chi connectivity index (χ2n) is 10.8. The summed E-state index contributed by atoms with van der Waals surface area (Å²) in [4.78, 5) is 35.2. The van der Waals surface area contributed by atoms with E-state index in [9.17, 15) is 9.59 Å². The lowest BCUT2D eigenvalue weighted by molar-refractivity contribution is -0.121. The Morgan fingerprint density at radius 3 is 2.69 bits per heavy atom. The molecule has 35 heavy (non-hydrogen) atoms. The number of nitrogens with one attached hydrogen (secondary N) is 1. The van der Waals surface area contributed by atoms with Crippen LogP contribution in [0.1, 0.15) is 58.4 Å². The fraction of sp³-hybridized carbons (Fsp3) is 0.593. The SMILES string of the molecule is C=CCCCCN(C)C[C@]12CC1N(C(=O)OC(C)(C)C)[C@H](C(=O)Nc1nc(Br)ccc1CC=C)C2. The number of ether oxygens (including phenoxy) is 1. The first-order chi connectivity index (χ1) is 16.5. The van der Waals surface area contributed by atoms with Crippen LogP contribution in [0.15, 0.2) is 42.0 Å². The van der Waals surface area contributed by atoms with Crippen molar-refractivity contribution < 1.29 is 14.3 Å². The van der Waals surface area contributed by atoms with Gasteiger partial charge >= 0.3 is 6.09 Å². The molecule has 1 aliphatic carbocycles. The number of fused-ring (bicyclic) bond motifs is 1. The fourth-order valence-corrected chi connectivity index (χ4v) is 5.35. The van der Waals surface area contributed by atoms with Crippen LogP contribution in [0.25, 0.3) is 0 Å². The number of rotatable bonds is 11. The van der Waals surface area contributed by atoms with E-state index in [1.807, 2.05) is 39.0 Å². The molecule has 1 aromatic rings. The molecule has 2 heterocycles. The number of likely N-dealkylation sites (tertiary alicyclic amines) is 1. The summed E-state index contributed by atoms with van der Waals surface area (Å²) < 4.78 is 6.35. The summed E-state index contributed by atoms with van der Waals surface area (Å²) in [5, 5.41) is 2.99. The molecule has 8 heteroatoms. The minimum atomic E-state index is -0.636. The van der Waals surface area contributed by atoms with E-state index in [4.69, 9.17) is 4.74 Å². The number of hydrogen-bond donors (Lipinski definition) is 1. The van der Waals surface area contributed by atoms with Crippen LogP contribution in [-0.2, 0) is 16.0 Å². The summed E-state index contributed by atoms with van der Waals surface area (Å²) in [6, 6.07) is 3.16. The van der Waals surface area contributed by atoms with Crippen molar-refractivity contribution in [2.45, 2.75) is 77.0 Å². The first-order valence-electron chi connectivity index (χ1n) is 12.4. The molecule has 0 radical (unpaired) electrons. The zero-order valence-corrected chi connectivity index (χ0v) is 23.1. The van der Waals surface area contributed by atoms with Crippen LogP contribution >= 0.6 is 15.9 Å². The van der Waals surface area contributed by atoms with E-state index in [1.165, 1.54) is 0 Å². The van der Waals surface area contributed by atoms with Gasteiger partial charge in [-0.05, 0) is 100 Å². The predicted octanol–water partition coefficient (Wildman–Crippen LogP) is 5.57. The number of unbranched alkanes of at least 4 members (excludes halogenated alkanes) is 2. The van der Waals surface area contributed by atoms with Crippen molar-refractivity contribution in [3.63, 3.8) is 0 Å². The molecular weight excluding hydrogens is 508 g/mol. The highest BCUT2D eigenvalue weighted by atomic mass is 79.9. The average Bonchev–Trinajstić information content (AvgIpc) is 3.34. The number of hydrogen-bond acceptors (Lipinski definition) is 5. The lowest BCUT2D eigenvalue weighted by Gasteiger charge is -2.30. The molecule has 1 saturated heterocycles. The van der Waals surface area contributed by atoms with Crippen LogP contribution in [0.5, 0.6) is 0 Å². The zero-order valence-electron chi connectivity index (χ0n) is 21.5. The minimum absolute atomic E-state index is 0.00633. The molecule has 1 aromatic heterocycles. The molecule has 192 valence electrons. The average molecular weight is 548 g/mol. The molecule has 1 aliphatic heterocycles. The number of piperidine rings is 1. The van der Waals surface area contributed by atoms with Crippen LogP contribution in [0.2, 0.25) is 0 Å². The third-order valence-corrected chi connectivity index (χ3v) is 7.10. The van der Waals surface area contributed by atoms with Gasteiger partial charge in [-0.25, -0.2) is 9.78 Å². The number of halogens is 1. The van der Waals surface area contributed by atoms with Crippen molar-refractivity contribution in [2.75, 3.05) is 25.5 Å². The summed E-state index contributed by atoms with van der Waals surface area (Å²) in [7, 11) is 2.12. The number of aromatic nitrogens is 1. The van der Waals surface area contributed by atoms with E-state index in [-0.39, 0.29) is 17.4 Å². The van der Waals surface area contributed by atoms with E-state index in [0.29, 0.717) is 23.3 Å². The molecule has 3 rings (SSSR count). The van der Waals surface area contributed by atoms with Crippen molar-refractivity contribution >= 4 is 33.7 Å². The normalized spacial score (nSPS) is 23.1. The highest BCUT2D eigenvalue weighted by Crippen LogP contribution is 2.60. The Balaban J connectivity index is 1.77. The summed E-state index contributed by atoms with van der Waals surface area (Å²) >= 11 is 3.39. The third-order valence-electron chi connectivity index (χ3n) is 6.66. The molecule has 1 unspecified atom stereocenters. The number of carbonyl (C=O) groups excluding carboxylic acids is 2. The van der Waals surface area contributed by atoms with Gasteiger partial charge in [-0.15, -0.1) is 13.2 Å². The number of pyridine rings is 1. The van der Waals surface area contributed by atoms with Crippen molar-refractivity contribution in [3.8, 4) is 0 Å². The number of anilines is 1. The van der Waals surface area contributed by atoms with Crippen LogP contribution in [0.3, 0.4) is 0 Å². The molecule has 2 aliphatic rings. The van der Waals surface area contributed by atoms with Gasteiger partial charge in [-0.2, -0.15) is 0 Å². The lowest BCUT2D eigenvalue weighted by atomic mass is 9.98. The van der Waals surface area contributed by atoms with E-state index in [2.05, 4.69) is 51.3 Å². The zero-order chi connectivity index (χ0) is 25.8. The lowest BCUT2D eigenvalue weighted by Crippen LogP contribution is -2.47. The van der Waals surface area contributed by atoms with Gasteiger partial charge in [0.05, 0.1) is 0 Å². The monoisotopic (exact) mass is 546 g/mol. The quantitative estimate of drug-likeness (QED) is 0.223. The maximum absolute atomic E-state index is 13.5. The minimum Gasteiger partial charge on any atom is -0.444 e. The van der Waals surface area contributed by atoms with E-state index < -0.39 is 17.7 Å². The molecule has 3 atom stereocenters. The topological polar surface area (TPSA) is 74.8 Å². The summed E-state index contributed by atoms with van der Waals surface area (Å²) in [6.45, 7) is 15.0. The smallest absolute Gasteiger partial charge is 0.411 e. The molecular formula is C27H39BrN4O3. The van der Waals surface area contributed by atoms with E-state index in [1.54, 1.807) is 11.0 Å². The highest BCUT2D eigenvalue weighted by Gasteiger charge is 2.68. The second-order valence-corrected chi connectivity index (χ2v) is 11.6. The summed E-state index contributed by atoms with van der Waals surface area (Å²) in [5.74, 6) is 0.259. The van der Waals surface area contributed by atoms with Gasteiger partial charge in [-0.1, -0.05) is 18.2 Å². The number of amides is 2. The van der Waals surface area contributed by atoms with Crippen molar-refractivity contribution in [3.05, 3.63) is 47.6 Å². The van der Waals surface area contributed by atoms with Crippen molar-refractivity contribution in [1.29, 1.82) is 0 Å². The molecule has 0 aromatic carbocycles. The number of allylic oxidation sites excluding steroid dienone is 2. The number of nitrogens with zero attached hydrogens (tertiary/aromatic N) is 3. The summed E-state index contributed by atoms with van der Waals surface area (Å²) in [5.41, 5.74) is 0.154. The van der Waals surface area contributed by atoms with Gasteiger partial charge in [0.25, 0.3) is 0 Å². The molecule has 0 bridgehead atoms. The molecule has 2 amide bonds. The first kappa shape index (κ1) is 27.4. The maximum Gasteiger partial charge on any atom is 0.411 e. The van der Waals surface area contributed by atoms with Gasteiger partial charge in [0.15, 0.2) is 0 Å². The Morgan fingerprint density at radius 2 is 2.03 bits per heavy atom.